The number of aromatic nitrogens is 1. The molecule has 8 nitrogen and oxygen atoms in total. The first-order valence-electron chi connectivity index (χ1n) is 8.87. The highest BCUT2D eigenvalue weighted by molar-refractivity contribution is 5.95. The number of anilines is 1. The molecule has 148 valence electrons. The van der Waals surface area contributed by atoms with Crippen LogP contribution in [0.3, 0.4) is 0 Å². The summed E-state index contributed by atoms with van der Waals surface area (Å²) in [6.07, 6.45) is 2.49. The molecule has 1 atom stereocenters. The number of rotatable bonds is 6. The molecule has 0 aliphatic carbocycles. The molecule has 2 heterocycles. The number of benzene rings is 1. The van der Waals surface area contributed by atoms with Gasteiger partial charge in [-0.2, -0.15) is 0 Å². The Morgan fingerprint density at radius 1 is 1.21 bits per heavy atom. The van der Waals surface area contributed by atoms with Crippen molar-refractivity contribution in [3.05, 3.63) is 59.4 Å². The second-order valence-corrected chi connectivity index (χ2v) is 6.25. The molecule has 0 radical (unpaired) electrons. The highest BCUT2D eigenvalue weighted by Crippen LogP contribution is 2.44. The van der Waals surface area contributed by atoms with E-state index in [1.807, 2.05) is 6.92 Å². The maximum absolute atomic E-state index is 12.5. The summed E-state index contributed by atoms with van der Waals surface area (Å²) in [6, 6.07) is 6.44. The van der Waals surface area contributed by atoms with Gasteiger partial charge in [-0.25, -0.2) is 0 Å². The highest BCUT2D eigenvalue weighted by Gasteiger charge is 2.34. The van der Waals surface area contributed by atoms with Crippen LogP contribution in [0.15, 0.2) is 48.2 Å². The number of fused-ring (bicyclic) bond motifs is 1. The number of pyridine rings is 1. The van der Waals surface area contributed by atoms with Crippen molar-refractivity contribution >= 4 is 11.6 Å². The number of amides is 1. The smallest absolute Gasteiger partial charge is 0.255 e. The van der Waals surface area contributed by atoms with E-state index in [2.05, 4.69) is 10.3 Å². The topological polar surface area (TPSA) is 104 Å². The van der Waals surface area contributed by atoms with E-state index in [1.54, 1.807) is 29.2 Å². The van der Waals surface area contributed by atoms with Crippen molar-refractivity contribution in [3.8, 4) is 11.5 Å². The standard InChI is InChI=1S/C20H23N3O5/c1-4-9-23-14-11-16(28-3)15(27-2)10-13(14)18(24)17(20(23)26)22-19(25)12-5-7-21-8-6-12/h5-8,10-11,18,24,26H,4,9H2,1-3H3,(H,22,25). The summed E-state index contributed by atoms with van der Waals surface area (Å²) in [5, 5.41) is 24.3. The Balaban J connectivity index is 2.05. The molecular weight excluding hydrogens is 362 g/mol. The van der Waals surface area contributed by atoms with Gasteiger partial charge in [0.05, 0.1) is 19.9 Å². The summed E-state index contributed by atoms with van der Waals surface area (Å²) < 4.78 is 10.7. The average Bonchev–Trinajstić information content (AvgIpc) is 2.73. The van der Waals surface area contributed by atoms with E-state index in [1.165, 1.54) is 26.6 Å². The number of aliphatic hydroxyl groups is 2. The van der Waals surface area contributed by atoms with E-state index in [0.717, 1.165) is 6.42 Å². The number of carbonyl (C=O) groups excluding carboxylic acids is 1. The zero-order valence-electron chi connectivity index (χ0n) is 16.0. The van der Waals surface area contributed by atoms with Gasteiger partial charge in [0.15, 0.2) is 11.5 Å². The molecule has 1 aromatic heterocycles. The van der Waals surface area contributed by atoms with Crippen molar-refractivity contribution in [1.29, 1.82) is 0 Å². The van der Waals surface area contributed by atoms with E-state index < -0.39 is 12.0 Å². The lowest BCUT2D eigenvalue weighted by Crippen LogP contribution is -2.37. The summed E-state index contributed by atoms with van der Waals surface area (Å²) in [7, 11) is 3.02. The van der Waals surface area contributed by atoms with Crippen LogP contribution < -0.4 is 19.7 Å². The van der Waals surface area contributed by atoms with Crippen molar-refractivity contribution in [2.75, 3.05) is 25.7 Å². The summed E-state index contributed by atoms with van der Waals surface area (Å²) in [5.74, 6) is 0.254. The van der Waals surface area contributed by atoms with Crippen LogP contribution in [-0.2, 0) is 0 Å². The summed E-state index contributed by atoms with van der Waals surface area (Å²) in [5.41, 5.74) is 1.46. The fraction of sp³-hybridized carbons (Fsp3) is 0.300. The fourth-order valence-electron chi connectivity index (χ4n) is 3.15. The van der Waals surface area contributed by atoms with E-state index in [0.29, 0.717) is 34.9 Å². The molecule has 0 fully saturated rings. The van der Waals surface area contributed by atoms with Crippen LogP contribution in [0.4, 0.5) is 5.69 Å². The minimum absolute atomic E-state index is 0.00924. The zero-order chi connectivity index (χ0) is 20.3. The van der Waals surface area contributed by atoms with E-state index in [4.69, 9.17) is 9.47 Å². The minimum Gasteiger partial charge on any atom is -0.493 e. The number of carbonyl (C=O) groups is 1. The van der Waals surface area contributed by atoms with Crippen LogP contribution in [0.25, 0.3) is 0 Å². The molecule has 0 saturated heterocycles. The van der Waals surface area contributed by atoms with E-state index in [-0.39, 0.29) is 11.6 Å². The van der Waals surface area contributed by atoms with Gasteiger partial charge in [0, 0.05) is 36.1 Å². The van der Waals surface area contributed by atoms with Gasteiger partial charge in [-0.3, -0.25) is 9.78 Å². The number of nitrogens with zero attached hydrogens (tertiary/aromatic N) is 2. The van der Waals surface area contributed by atoms with Crippen LogP contribution in [0, 0.1) is 0 Å². The highest BCUT2D eigenvalue weighted by atomic mass is 16.5. The van der Waals surface area contributed by atoms with Crippen LogP contribution in [0.2, 0.25) is 0 Å². The molecule has 1 aliphatic heterocycles. The quantitative estimate of drug-likeness (QED) is 0.702. The first-order chi connectivity index (χ1) is 13.5. The zero-order valence-corrected chi connectivity index (χ0v) is 16.0. The molecule has 0 spiro atoms. The van der Waals surface area contributed by atoms with Crippen molar-refractivity contribution in [1.82, 2.24) is 10.3 Å². The SMILES string of the molecule is CCCN1C(O)=C(NC(=O)c2ccncc2)C(O)c2cc(OC)c(OC)cc21. The number of hydrogen-bond acceptors (Lipinski definition) is 7. The normalized spacial score (nSPS) is 15.9. The summed E-state index contributed by atoms with van der Waals surface area (Å²) in [4.78, 5) is 18.1. The fourth-order valence-corrected chi connectivity index (χ4v) is 3.15. The number of nitrogens with one attached hydrogen (secondary N) is 1. The molecule has 1 unspecified atom stereocenters. The summed E-state index contributed by atoms with van der Waals surface area (Å²) >= 11 is 0. The first-order valence-corrected chi connectivity index (χ1v) is 8.87. The average molecular weight is 385 g/mol. The Morgan fingerprint density at radius 2 is 1.86 bits per heavy atom. The second kappa shape index (κ2) is 8.18. The molecule has 2 aromatic rings. The Kier molecular flexibility index (Phi) is 5.70. The van der Waals surface area contributed by atoms with Gasteiger partial charge >= 0.3 is 0 Å². The molecule has 0 bridgehead atoms. The van der Waals surface area contributed by atoms with Gasteiger partial charge in [0.1, 0.15) is 11.8 Å². The van der Waals surface area contributed by atoms with Crippen molar-refractivity contribution in [3.63, 3.8) is 0 Å². The van der Waals surface area contributed by atoms with Crippen LogP contribution >= 0.6 is 0 Å². The molecule has 8 heteroatoms. The van der Waals surface area contributed by atoms with Crippen molar-refractivity contribution in [2.24, 2.45) is 0 Å². The Morgan fingerprint density at radius 3 is 2.46 bits per heavy atom. The van der Waals surface area contributed by atoms with Crippen LogP contribution in [0.1, 0.15) is 35.4 Å². The van der Waals surface area contributed by atoms with E-state index >= 15 is 0 Å². The Bertz CT molecular complexity index is 898. The molecule has 3 rings (SSSR count). The van der Waals surface area contributed by atoms with E-state index in [9.17, 15) is 15.0 Å². The minimum atomic E-state index is -1.24. The van der Waals surface area contributed by atoms with Crippen LogP contribution in [0.5, 0.6) is 11.5 Å². The number of hydrogen-bond donors (Lipinski definition) is 3. The van der Waals surface area contributed by atoms with Crippen molar-refractivity contribution < 1.29 is 24.5 Å². The molecule has 1 amide bonds. The number of methoxy groups -OCH3 is 2. The Labute approximate surface area is 163 Å². The van der Waals surface area contributed by atoms with Gasteiger partial charge < -0.3 is 29.9 Å². The third kappa shape index (κ3) is 3.46. The third-order valence-corrected chi connectivity index (χ3v) is 4.53. The van der Waals surface area contributed by atoms with Crippen molar-refractivity contribution in [2.45, 2.75) is 19.4 Å². The monoisotopic (exact) mass is 385 g/mol. The molecule has 1 aliphatic rings. The third-order valence-electron chi connectivity index (χ3n) is 4.53. The maximum Gasteiger partial charge on any atom is 0.255 e. The van der Waals surface area contributed by atoms with Gasteiger partial charge in [-0.15, -0.1) is 0 Å². The van der Waals surface area contributed by atoms with Crippen LogP contribution in [-0.4, -0.2) is 41.9 Å². The van der Waals surface area contributed by atoms with Gasteiger partial charge in [-0.05, 0) is 24.6 Å². The molecule has 0 saturated carbocycles. The predicted molar refractivity (Wildman–Crippen MR) is 104 cm³/mol. The van der Waals surface area contributed by atoms with Gasteiger partial charge in [0.2, 0.25) is 5.88 Å². The first kappa shape index (κ1) is 19.5. The Hall–Kier alpha value is -3.26. The van der Waals surface area contributed by atoms with Gasteiger partial charge in [0.25, 0.3) is 5.91 Å². The lowest BCUT2D eigenvalue weighted by Gasteiger charge is -2.35. The second-order valence-electron chi connectivity index (χ2n) is 6.25. The molecule has 1 aromatic carbocycles. The number of ether oxygens (including phenoxy) is 2. The lowest BCUT2D eigenvalue weighted by molar-refractivity contribution is 0.0939. The predicted octanol–water partition coefficient (Wildman–Crippen LogP) is 2.52. The largest absolute Gasteiger partial charge is 0.493 e. The number of aliphatic hydroxyl groups excluding tert-OH is 2. The summed E-state index contributed by atoms with van der Waals surface area (Å²) in [6.45, 7) is 2.45. The molecular formula is C20H23N3O5. The molecule has 28 heavy (non-hydrogen) atoms. The maximum atomic E-state index is 12.5. The molecule has 3 N–H and O–H groups in total. The lowest BCUT2D eigenvalue weighted by atomic mass is 9.98. The van der Waals surface area contributed by atoms with Gasteiger partial charge in [-0.1, -0.05) is 6.92 Å².